The molecule has 0 saturated carbocycles. The normalized spacial score (nSPS) is 16.4. The van der Waals surface area contributed by atoms with Crippen molar-refractivity contribution in [1.29, 1.82) is 0 Å². The fraction of sp³-hybridized carbons (Fsp3) is 0.562. The Balaban J connectivity index is 1.80. The van der Waals surface area contributed by atoms with Gasteiger partial charge >= 0.3 is 0 Å². The molecule has 110 valence electrons. The zero-order chi connectivity index (χ0) is 14.4. The Hall–Kier alpha value is -1.39. The van der Waals surface area contributed by atoms with Crippen molar-refractivity contribution in [2.75, 3.05) is 38.0 Å². The molecular formula is C16H25N3O. The fourth-order valence-corrected chi connectivity index (χ4v) is 2.26. The van der Waals surface area contributed by atoms with Gasteiger partial charge in [-0.25, -0.2) is 0 Å². The highest BCUT2D eigenvalue weighted by molar-refractivity contribution is 5.91. The monoisotopic (exact) mass is 275 g/mol. The minimum Gasteiger partial charge on any atom is -0.326 e. The first kappa shape index (κ1) is 15.0. The van der Waals surface area contributed by atoms with Crippen LogP contribution in [0.4, 0.5) is 5.69 Å². The van der Waals surface area contributed by atoms with Crippen LogP contribution in [0, 0.1) is 5.92 Å². The van der Waals surface area contributed by atoms with Gasteiger partial charge in [0.2, 0.25) is 5.91 Å². The maximum absolute atomic E-state index is 11.6. The quantitative estimate of drug-likeness (QED) is 0.860. The van der Waals surface area contributed by atoms with Crippen molar-refractivity contribution in [3.8, 4) is 0 Å². The van der Waals surface area contributed by atoms with Gasteiger partial charge in [-0.05, 0) is 24.1 Å². The van der Waals surface area contributed by atoms with E-state index in [-0.39, 0.29) is 11.8 Å². The Bertz CT molecular complexity index is 422. The minimum atomic E-state index is 0.0161. The van der Waals surface area contributed by atoms with Crippen molar-refractivity contribution in [3.63, 3.8) is 0 Å². The smallest absolute Gasteiger partial charge is 0.226 e. The van der Waals surface area contributed by atoms with Gasteiger partial charge in [-0.1, -0.05) is 26.0 Å². The summed E-state index contributed by atoms with van der Waals surface area (Å²) in [6, 6.07) is 8.21. The lowest BCUT2D eigenvalue weighted by Crippen LogP contribution is -2.44. The summed E-state index contributed by atoms with van der Waals surface area (Å²) in [7, 11) is 0. The van der Waals surface area contributed by atoms with E-state index in [0.29, 0.717) is 0 Å². The first-order valence-corrected chi connectivity index (χ1v) is 7.48. The lowest BCUT2D eigenvalue weighted by Gasteiger charge is -2.27. The minimum absolute atomic E-state index is 0.0161. The van der Waals surface area contributed by atoms with Crippen molar-refractivity contribution in [2.45, 2.75) is 20.3 Å². The van der Waals surface area contributed by atoms with E-state index in [0.717, 1.165) is 44.8 Å². The van der Waals surface area contributed by atoms with Crippen molar-refractivity contribution in [3.05, 3.63) is 29.8 Å². The van der Waals surface area contributed by atoms with Gasteiger partial charge in [-0.3, -0.25) is 4.79 Å². The molecule has 2 rings (SSSR count). The molecule has 4 heteroatoms. The van der Waals surface area contributed by atoms with Crippen LogP contribution in [0.2, 0.25) is 0 Å². The van der Waals surface area contributed by atoms with Gasteiger partial charge in [0.05, 0.1) is 0 Å². The van der Waals surface area contributed by atoms with Crippen LogP contribution in [-0.4, -0.2) is 43.5 Å². The van der Waals surface area contributed by atoms with Gasteiger partial charge in [-0.15, -0.1) is 0 Å². The third kappa shape index (κ3) is 4.62. The number of carbonyl (C=O) groups excluding carboxylic acids is 1. The van der Waals surface area contributed by atoms with E-state index in [1.807, 2.05) is 26.0 Å². The molecule has 0 unspecified atom stereocenters. The summed E-state index contributed by atoms with van der Waals surface area (Å²) in [5, 5.41) is 6.28. The van der Waals surface area contributed by atoms with Gasteiger partial charge < -0.3 is 15.5 Å². The largest absolute Gasteiger partial charge is 0.326 e. The molecule has 0 bridgehead atoms. The van der Waals surface area contributed by atoms with E-state index in [9.17, 15) is 4.79 Å². The molecule has 1 fully saturated rings. The van der Waals surface area contributed by atoms with E-state index >= 15 is 0 Å². The average Bonchev–Trinajstić information content (AvgIpc) is 2.47. The van der Waals surface area contributed by atoms with E-state index in [2.05, 4.69) is 27.7 Å². The summed E-state index contributed by atoms with van der Waals surface area (Å²) in [4.78, 5) is 14.1. The molecule has 0 aliphatic carbocycles. The van der Waals surface area contributed by atoms with Crippen molar-refractivity contribution >= 4 is 11.6 Å². The fourth-order valence-electron chi connectivity index (χ4n) is 2.26. The standard InChI is InChI=1S/C16H25N3O/c1-13(2)16(20)18-15-5-3-14(4-6-15)7-10-19-11-8-17-9-12-19/h3-6,13,17H,7-12H2,1-2H3,(H,18,20). The first-order chi connectivity index (χ1) is 9.65. The summed E-state index contributed by atoms with van der Waals surface area (Å²) in [6.07, 6.45) is 1.07. The number of benzene rings is 1. The number of hydrogen-bond donors (Lipinski definition) is 2. The second-order valence-electron chi connectivity index (χ2n) is 5.68. The van der Waals surface area contributed by atoms with Gasteiger partial charge in [-0.2, -0.15) is 0 Å². The Labute approximate surface area is 121 Å². The lowest BCUT2D eigenvalue weighted by molar-refractivity contribution is -0.118. The van der Waals surface area contributed by atoms with Crippen LogP contribution >= 0.6 is 0 Å². The molecule has 0 radical (unpaired) electrons. The highest BCUT2D eigenvalue weighted by atomic mass is 16.1. The topological polar surface area (TPSA) is 44.4 Å². The Kier molecular flexibility index (Phi) is 5.56. The average molecular weight is 275 g/mol. The number of nitrogens with zero attached hydrogens (tertiary/aromatic N) is 1. The van der Waals surface area contributed by atoms with E-state index in [1.54, 1.807) is 0 Å². The predicted molar refractivity (Wildman–Crippen MR) is 82.9 cm³/mol. The molecule has 1 aromatic rings. The number of rotatable bonds is 5. The number of hydrogen-bond acceptors (Lipinski definition) is 3. The summed E-state index contributed by atoms with van der Waals surface area (Å²) in [5.41, 5.74) is 2.21. The van der Waals surface area contributed by atoms with E-state index < -0.39 is 0 Å². The van der Waals surface area contributed by atoms with Gasteiger partial charge in [0.25, 0.3) is 0 Å². The molecule has 1 heterocycles. The van der Waals surface area contributed by atoms with E-state index in [4.69, 9.17) is 0 Å². The van der Waals surface area contributed by atoms with Gasteiger partial charge in [0.15, 0.2) is 0 Å². The lowest BCUT2D eigenvalue weighted by atomic mass is 10.1. The van der Waals surface area contributed by atoms with Crippen LogP contribution in [0.15, 0.2) is 24.3 Å². The Morgan fingerprint density at radius 2 is 1.90 bits per heavy atom. The zero-order valence-corrected chi connectivity index (χ0v) is 12.5. The van der Waals surface area contributed by atoms with Crippen LogP contribution in [-0.2, 0) is 11.2 Å². The molecule has 0 spiro atoms. The Morgan fingerprint density at radius 1 is 1.25 bits per heavy atom. The molecule has 1 saturated heterocycles. The van der Waals surface area contributed by atoms with Gasteiger partial charge in [0, 0.05) is 44.3 Å². The maximum Gasteiger partial charge on any atom is 0.226 e. The van der Waals surface area contributed by atoms with E-state index in [1.165, 1.54) is 5.56 Å². The maximum atomic E-state index is 11.6. The SMILES string of the molecule is CC(C)C(=O)Nc1ccc(CCN2CCNCC2)cc1. The number of amides is 1. The second kappa shape index (κ2) is 7.41. The number of nitrogens with one attached hydrogen (secondary N) is 2. The third-order valence-corrected chi connectivity index (χ3v) is 3.67. The molecule has 0 aromatic heterocycles. The first-order valence-electron chi connectivity index (χ1n) is 7.48. The summed E-state index contributed by atoms with van der Waals surface area (Å²) in [6.45, 7) is 9.39. The van der Waals surface area contributed by atoms with Gasteiger partial charge in [0.1, 0.15) is 0 Å². The van der Waals surface area contributed by atoms with Crippen molar-refractivity contribution < 1.29 is 4.79 Å². The van der Waals surface area contributed by atoms with Crippen LogP contribution in [0.5, 0.6) is 0 Å². The molecular weight excluding hydrogens is 250 g/mol. The predicted octanol–water partition coefficient (Wildman–Crippen LogP) is 1.73. The van der Waals surface area contributed by atoms with Crippen LogP contribution in [0.25, 0.3) is 0 Å². The van der Waals surface area contributed by atoms with Crippen molar-refractivity contribution in [2.24, 2.45) is 5.92 Å². The molecule has 1 amide bonds. The molecule has 1 aliphatic heterocycles. The molecule has 1 aliphatic rings. The molecule has 0 atom stereocenters. The number of carbonyl (C=O) groups is 1. The zero-order valence-electron chi connectivity index (χ0n) is 12.5. The third-order valence-electron chi connectivity index (χ3n) is 3.67. The summed E-state index contributed by atoms with van der Waals surface area (Å²) < 4.78 is 0. The van der Waals surface area contributed by atoms with Crippen LogP contribution < -0.4 is 10.6 Å². The number of piperazine rings is 1. The molecule has 4 nitrogen and oxygen atoms in total. The molecule has 20 heavy (non-hydrogen) atoms. The number of anilines is 1. The molecule has 1 aromatic carbocycles. The molecule has 2 N–H and O–H groups in total. The Morgan fingerprint density at radius 3 is 2.50 bits per heavy atom. The second-order valence-corrected chi connectivity index (χ2v) is 5.68. The highest BCUT2D eigenvalue weighted by Gasteiger charge is 2.09. The summed E-state index contributed by atoms with van der Waals surface area (Å²) >= 11 is 0. The summed E-state index contributed by atoms with van der Waals surface area (Å²) in [5.74, 6) is 0.0842. The van der Waals surface area contributed by atoms with Crippen LogP contribution in [0.1, 0.15) is 19.4 Å². The highest BCUT2D eigenvalue weighted by Crippen LogP contribution is 2.12. The van der Waals surface area contributed by atoms with Crippen molar-refractivity contribution in [1.82, 2.24) is 10.2 Å². The van der Waals surface area contributed by atoms with Crippen LogP contribution in [0.3, 0.4) is 0 Å².